The normalized spacial score (nSPS) is 11.9. The van der Waals surface area contributed by atoms with Gasteiger partial charge in [0.1, 0.15) is 11.0 Å². The highest BCUT2D eigenvalue weighted by Crippen LogP contribution is 2.38. The third kappa shape index (κ3) is 4.28. The van der Waals surface area contributed by atoms with Crippen molar-refractivity contribution in [3.63, 3.8) is 0 Å². The van der Waals surface area contributed by atoms with E-state index in [1.54, 1.807) is 11.3 Å². The van der Waals surface area contributed by atoms with Gasteiger partial charge < -0.3 is 9.13 Å². The van der Waals surface area contributed by atoms with Crippen molar-refractivity contribution in [2.75, 3.05) is 0 Å². The lowest BCUT2D eigenvalue weighted by Crippen LogP contribution is -1.94. The van der Waals surface area contributed by atoms with E-state index >= 15 is 0 Å². The van der Waals surface area contributed by atoms with E-state index in [2.05, 4.69) is 171 Å². The van der Waals surface area contributed by atoms with E-state index in [0.29, 0.717) is 5.82 Å². The van der Waals surface area contributed by atoms with Crippen molar-refractivity contribution in [3.8, 4) is 34.0 Å². The van der Waals surface area contributed by atoms with Gasteiger partial charge >= 0.3 is 0 Å². The number of hydrogen-bond donors (Lipinski definition) is 0. The summed E-state index contributed by atoms with van der Waals surface area (Å²) in [4.78, 5) is 11.1. The SMILES string of the molecule is c1ccc(-n2c3ccccc3c3cc(-c4ccc5sc6nnc(-c7ccc8c(c7)c7ccccc7n8-c7ccccc7)nc6c5n4)ccc32)cc1. The highest BCUT2D eigenvalue weighted by Gasteiger charge is 2.18. The first kappa shape index (κ1) is 28.2. The highest BCUT2D eigenvalue weighted by atomic mass is 32.1. The van der Waals surface area contributed by atoms with Gasteiger partial charge in [-0.1, -0.05) is 78.9 Å². The number of para-hydroxylation sites is 4. The van der Waals surface area contributed by atoms with Crippen molar-refractivity contribution < 1.29 is 0 Å². The van der Waals surface area contributed by atoms with Gasteiger partial charge in [0.2, 0.25) is 0 Å². The number of nitrogens with zero attached hydrogens (tertiary/aromatic N) is 6. The van der Waals surface area contributed by atoms with Crippen LogP contribution in [0, 0.1) is 0 Å². The fourth-order valence-corrected chi connectivity index (χ4v) is 8.48. The topological polar surface area (TPSA) is 61.4 Å². The molecule has 7 heteroatoms. The molecule has 0 unspecified atom stereocenters. The molecule has 238 valence electrons. The zero-order chi connectivity index (χ0) is 33.5. The van der Waals surface area contributed by atoms with Gasteiger partial charge in [-0.3, -0.25) is 0 Å². The number of benzene rings is 6. The monoisotopic (exact) mass is 670 g/mol. The second kappa shape index (κ2) is 10.9. The Morgan fingerprint density at radius 1 is 0.412 bits per heavy atom. The van der Waals surface area contributed by atoms with E-state index < -0.39 is 0 Å². The summed E-state index contributed by atoms with van der Waals surface area (Å²) >= 11 is 1.57. The first-order chi connectivity index (χ1) is 25.3. The summed E-state index contributed by atoms with van der Waals surface area (Å²) in [5, 5.41) is 14.0. The predicted molar refractivity (Wildman–Crippen MR) is 210 cm³/mol. The number of hydrogen-bond acceptors (Lipinski definition) is 5. The minimum Gasteiger partial charge on any atom is -0.309 e. The Morgan fingerprint density at radius 3 is 1.61 bits per heavy atom. The van der Waals surface area contributed by atoms with Gasteiger partial charge in [0.25, 0.3) is 0 Å². The largest absolute Gasteiger partial charge is 0.309 e. The molecule has 0 atom stereocenters. The van der Waals surface area contributed by atoms with Crippen LogP contribution in [-0.4, -0.2) is 29.3 Å². The average molecular weight is 671 g/mol. The van der Waals surface area contributed by atoms with Crippen LogP contribution in [0.5, 0.6) is 0 Å². The molecule has 5 heterocycles. The second-order valence-corrected chi connectivity index (χ2v) is 13.8. The van der Waals surface area contributed by atoms with Gasteiger partial charge in [-0.05, 0) is 78.9 Å². The van der Waals surface area contributed by atoms with Crippen molar-refractivity contribution in [2.24, 2.45) is 0 Å². The van der Waals surface area contributed by atoms with Crippen LogP contribution in [0.3, 0.4) is 0 Å². The number of thiophene rings is 1. The van der Waals surface area contributed by atoms with Crippen LogP contribution in [0.25, 0.3) is 98.2 Å². The first-order valence-electron chi connectivity index (χ1n) is 16.9. The Kier molecular flexibility index (Phi) is 6.02. The van der Waals surface area contributed by atoms with Gasteiger partial charge in [0.05, 0.1) is 32.5 Å². The quantitative estimate of drug-likeness (QED) is 0.187. The summed E-state index contributed by atoms with van der Waals surface area (Å²) < 4.78 is 5.68. The minimum absolute atomic E-state index is 0.586. The number of rotatable bonds is 4. The number of pyridine rings is 1. The molecule has 0 N–H and O–H groups in total. The molecule has 0 amide bonds. The molecule has 0 aliphatic rings. The fraction of sp³-hybridized carbons (Fsp3) is 0. The van der Waals surface area contributed by atoms with Crippen LogP contribution in [-0.2, 0) is 0 Å². The predicted octanol–water partition coefficient (Wildman–Crippen LogP) is 11.2. The third-order valence-electron chi connectivity index (χ3n) is 9.87. The molecule has 0 bridgehead atoms. The van der Waals surface area contributed by atoms with Crippen LogP contribution < -0.4 is 0 Å². The maximum atomic E-state index is 5.22. The minimum atomic E-state index is 0.586. The summed E-state index contributed by atoms with van der Waals surface area (Å²) in [6.45, 7) is 0. The molecule has 0 aliphatic heterocycles. The van der Waals surface area contributed by atoms with E-state index in [1.807, 2.05) is 6.07 Å². The van der Waals surface area contributed by atoms with E-state index in [-0.39, 0.29) is 0 Å². The average Bonchev–Trinajstić information content (AvgIpc) is 3.85. The van der Waals surface area contributed by atoms with Gasteiger partial charge in [-0.15, -0.1) is 21.5 Å². The van der Waals surface area contributed by atoms with Gasteiger partial charge in [-0.2, -0.15) is 0 Å². The molecule has 0 fully saturated rings. The summed E-state index contributed by atoms with van der Waals surface area (Å²) in [5.41, 5.74) is 11.4. The summed E-state index contributed by atoms with van der Waals surface area (Å²) in [5.74, 6) is 0.586. The Bertz CT molecular complexity index is 2930. The van der Waals surface area contributed by atoms with Crippen LogP contribution in [0.2, 0.25) is 0 Å². The van der Waals surface area contributed by atoms with Crippen LogP contribution in [0.4, 0.5) is 0 Å². The molecule has 0 saturated carbocycles. The lowest BCUT2D eigenvalue weighted by molar-refractivity contribution is 1.04. The molecule has 0 spiro atoms. The van der Waals surface area contributed by atoms with Gasteiger partial charge in [-0.25, -0.2) is 9.97 Å². The highest BCUT2D eigenvalue weighted by molar-refractivity contribution is 7.25. The van der Waals surface area contributed by atoms with Crippen molar-refractivity contribution in [1.82, 2.24) is 29.3 Å². The van der Waals surface area contributed by atoms with Crippen LogP contribution in [0.1, 0.15) is 0 Å². The Morgan fingerprint density at radius 2 is 0.961 bits per heavy atom. The molecule has 6 nitrogen and oxygen atoms in total. The molecular formula is C44H26N6S. The van der Waals surface area contributed by atoms with Crippen LogP contribution >= 0.6 is 11.3 Å². The fourth-order valence-electron chi connectivity index (χ4n) is 7.58. The van der Waals surface area contributed by atoms with E-state index in [0.717, 1.165) is 65.2 Å². The molecule has 0 aliphatic carbocycles. The zero-order valence-electron chi connectivity index (χ0n) is 27.1. The summed E-state index contributed by atoms with van der Waals surface area (Å²) in [7, 11) is 0. The van der Waals surface area contributed by atoms with Gasteiger partial charge in [0, 0.05) is 44.0 Å². The molecule has 6 aromatic carbocycles. The van der Waals surface area contributed by atoms with Crippen molar-refractivity contribution in [1.29, 1.82) is 0 Å². The Labute approximate surface area is 295 Å². The smallest absolute Gasteiger partial charge is 0.182 e. The maximum absolute atomic E-state index is 5.22. The number of aromatic nitrogens is 6. The third-order valence-corrected chi connectivity index (χ3v) is 10.9. The lowest BCUT2D eigenvalue weighted by Gasteiger charge is -2.08. The molecule has 51 heavy (non-hydrogen) atoms. The Hall–Kier alpha value is -6.70. The van der Waals surface area contributed by atoms with E-state index in [9.17, 15) is 0 Å². The standard InChI is InChI=1S/C44H26N6S/c1-3-11-29(12-4-1)49-36-17-9-7-15-31(36)33-25-27(19-22-38(33)49)35-21-24-40-41(45-35)42-44(51-40)48-47-43(46-42)28-20-23-39-34(26-28)32-16-8-10-18-37(32)50(39)30-13-5-2-6-14-30/h1-26H. The molecule has 5 aromatic heterocycles. The van der Waals surface area contributed by atoms with E-state index in [4.69, 9.17) is 9.97 Å². The maximum Gasteiger partial charge on any atom is 0.182 e. The molecular weight excluding hydrogens is 645 g/mol. The van der Waals surface area contributed by atoms with Crippen LogP contribution in [0.15, 0.2) is 158 Å². The lowest BCUT2D eigenvalue weighted by atomic mass is 10.1. The molecule has 0 radical (unpaired) electrons. The summed E-state index contributed by atoms with van der Waals surface area (Å²) in [6, 6.07) is 55.5. The molecule has 11 aromatic rings. The summed E-state index contributed by atoms with van der Waals surface area (Å²) in [6.07, 6.45) is 0. The number of fused-ring (bicyclic) bond motifs is 9. The molecule has 0 saturated heterocycles. The van der Waals surface area contributed by atoms with Crippen molar-refractivity contribution >= 4 is 75.5 Å². The Balaban J connectivity index is 1.04. The van der Waals surface area contributed by atoms with E-state index in [1.165, 1.54) is 27.2 Å². The first-order valence-corrected chi connectivity index (χ1v) is 17.7. The van der Waals surface area contributed by atoms with Gasteiger partial charge in [0.15, 0.2) is 10.7 Å². The molecule has 11 rings (SSSR count). The van der Waals surface area contributed by atoms with Crippen molar-refractivity contribution in [3.05, 3.63) is 158 Å². The zero-order valence-corrected chi connectivity index (χ0v) is 27.9. The second-order valence-electron chi connectivity index (χ2n) is 12.8. The van der Waals surface area contributed by atoms with Crippen molar-refractivity contribution in [2.45, 2.75) is 0 Å².